The molecule has 192 valence electrons. The quantitative estimate of drug-likeness (QED) is 0.518. The molecule has 9 nitrogen and oxygen atoms in total. The number of halogens is 1. The maximum absolute atomic E-state index is 13.4. The Kier molecular flexibility index (Phi) is 8.51. The summed E-state index contributed by atoms with van der Waals surface area (Å²) in [6.45, 7) is 2.76. The molecule has 11 heteroatoms. The summed E-state index contributed by atoms with van der Waals surface area (Å²) in [7, 11) is 2.55. The topological polar surface area (TPSA) is 124 Å². The summed E-state index contributed by atoms with van der Waals surface area (Å²) < 4.78 is 24.8. The minimum absolute atomic E-state index is 0.226. The fourth-order valence-corrected chi connectivity index (χ4v) is 4.68. The molecule has 0 spiro atoms. The minimum Gasteiger partial charge on any atom is -0.481 e. The highest BCUT2D eigenvalue weighted by Gasteiger charge is 2.33. The molecule has 0 saturated heterocycles. The molecule has 1 aliphatic heterocycles. The van der Waals surface area contributed by atoms with Crippen LogP contribution in [0.15, 0.2) is 69.6 Å². The maximum atomic E-state index is 13.4. The van der Waals surface area contributed by atoms with Crippen molar-refractivity contribution in [1.29, 1.82) is 0 Å². The summed E-state index contributed by atoms with van der Waals surface area (Å²) in [5.74, 6) is -2.31. The van der Waals surface area contributed by atoms with Crippen LogP contribution < -0.4 is 14.9 Å². The van der Waals surface area contributed by atoms with Crippen molar-refractivity contribution in [3.8, 4) is 0 Å². The number of hydrogen-bond donors (Lipinski definition) is 1. The summed E-state index contributed by atoms with van der Waals surface area (Å²) >= 11 is 1.17. The molecule has 37 heavy (non-hydrogen) atoms. The summed E-state index contributed by atoms with van der Waals surface area (Å²) in [4.78, 5) is 51.8. The van der Waals surface area contributed by atoms with Gasteiger partial charge in [0.2, 0.25) is 0 Å². The predicted octanol–water partition coefficient (Wildman–Crippen LogP) is 2.42. The molecule has 2 heterocycles. The van der Waals surface area contributed by atoms with Gasteiger partial charge in [0.05, 0.1) is 41.6 Å². The van der Waals surface area contributed by atoms with Crippen molar-refractivity contribution < 1.29 is 33.4 Å². The van der Waals surface area contributed by atoms with Gasteiger partial charge in [-0.2, -0.15) is 0 Å². The van der Waals surface area contributed by atoms with Gasteiger partial charge in [-0.1, -0.05) is 35.6 Å². The fraction of sp³-hybridized carbons (Fsp3) is 0.192. The molecule has 0 fully saturated rings. The molecule has 0 saturated carbocycles. The monoisotopic (exact) mass is 526 g/mol. The number of rotatable bonds is 4. The zero-order chi connectivity index (χ0) is 27.3. The van der Waals surface area contributed by atoms with E-state index in [1.54, 1.807) is 49.4 Å². The first kappa shape index (κ1) is 27.2. The molecule has 1 aliphatic rings. The number of ether oxygens (including phenoxy) is 2. The summed E-state index contributed by atoms with van der Waals surface area (Å²) in [5.41, 5.74) is 1.91. The van der Waals surface area contributed by atoms with Crippen LogP contribution in [0.1, 0.15) is 41.4 Å². The van der Waals surface area contributed by atoms with E-state index < -0.39 is 23.9 Å². The molecular weight excluding hydrogens is 503 g/mol. The average Bonchev–Trinajstić information content (AvgIpc) is 3.17. The van der Waals surface area contributed by atoms with E-state index in [0.717, 1.165) is 6.92 Å². The molecule has 1 aromatic heterocycles. The Labute approximate surface area is 214 Å². The number of carbonyl (C=O) groups excluding carboxylic acids is 2. The summed E-state index contributed by atoms with van der Waals surface area (Å²) in [5, 5.41) is 7.42. The van der Waals surface area contributed by atoms with Gasteiger partial charge < -0.3 is 14.6 Å². The highest BCUT2D eigenvalue weighted by atomic mass is 32.1. The van der Waals surface area contributed by atoms with E-state index in [1.165, 1.54) is 42.3 Å². The van der Waals surface area contributed by atoms with E-state index in [9.17, 15) is 18.8 Å². The van der Waals surface area contributed by atoms with Gasteiger partial charge in [-0.3, -0.25) is 14.2 Å². The van der Waals surface area contributed by atoms with E-state index in [2.05, 4.69) is 4.99 Å². The van der Waals surface area contributed by atoms with Crippen molar-refractivity contribution >= 4 is 35.3 Å². The second-order valence-electron chi connectivity index (χ2n) is 7.76. The summed E-state index contributed by atoms with van der Waals surface area (Å²) in [6, 6.07) is 11.4. The third kappa shape index (κ3) is 6.07. The fourth-order valence-electron chi connectivity index (χ4n) is 3.64. The zero-order valence-corrected chi connectivity index (χ0v) is 21.2. The minimum atomic E-state index is -0.833. The smallest absolute Gasteiger partial charge is 0.338 e. The molecule has 1 unspecified atom stereocenters. The van der Waals surface area contributed by atoms with Crippen LogP contribution in [0.2, 0.25) is 0 Å². The standard InChI is InChI=1S/C24H19FN2O5S.C2H4O2/c1-13-19(23(30)32-3)20(15-6-8-16(9-7-15)22(29)31-2)27-21(28)18(33-24(27)26-13)12-14-4-10-17(25)11-5-14;1-2(3)4/h4-12,20H,1-3H3;1H3,(H,3,4)/b18-12-;. The number of allylic oxidation sites excluding steroid dienone is 1. The number of fused-ring (bicyclic) bond motifs is 1. The van der Waals surface area contributed by atoms with Crippen LogP contribution in [0.3, 0.4) is 0 Å². The third-order valence-electron chi connectivity index (χ3n) is 5.24. The first-order valence-corrected chi connectivity index (χ1v) is 11.6. The lowest BCUT2D eigenvalue weighted by atomic mass is 9.95. The molecule has 0 amide bonds. The van der Waals surface area contributed by atoms with Crippen LogP contribution in [0.5, 0.6) is 0 Å². The number of thiazole rings is 1. The molecule has 3 aromatic rings. The lowest BCUT2D eigenvalue weighted by Gasteiger charge is -2.24. The maximum Gasteiger partial charge on any atom is 0.338 e. The van der Waals surface area contributed by atoms with Crippen molar-refractivity contribution in [2.75, 3.05) is 14.2 Å². The van der Waals surface area contributed by atoms with E-state index in [4.69, 9.17) is 19.4 Å². The number of nitrogens with zero attached hydrogens (tertiary/aromatic N) is 2. The molecule has 0 bridgehead atoms. The average molecular weight is 527 g/mol. The van der Waals surface area contributed by atoms with Crippen LogP contribution in [0, 0.1) is 5.82 Å². The Morgan fingerprint density at radius 2 is 1.59 bits per heavy atom. The Bertz CT molecular complexity index is 1550. The van der Waals surface area contributed by atoms with Crippen LogP contribution in [0.4, 0.5) is 4.39 Å². The SMILES string of the molecule is CC(=O)O.COC(=O)C1=C(C)N=c2s/c(=C\c3ccc(F)cc3)c(=O)n2C1c1ccc(C(=O)OC)cc1. The van der Waals surface area contributed by atoms with Crippen molar-refractivity contribution in [2.45, 2.75) is 19.9 Å². The van der Waals surface area contributed by atoms with Gasteiger partial charge in [0.1, 0.15) is 5.82 Å². The molecule has 1 atom stereocenters. The van der Waals surface area contributed by atoms with Crippen molar-refractivity contribution in [3.05, 3.63) is 102 Å². The van der Waals surface area contributed by atoms with Crippen molar-refractivity contribution in [3.63, 3.8) is 0 Å². The van der Waals surface area contributed by atoms with Crippen LogP contribution in [-0.4, -0.2) is 41.8 Å². The lowest BCUT2D eigenvalue weighted by molar-refractivity contribution is -0.137. The normalized spacial score (nSPS) is 14.6. The van der Waals surface area contributed by atoms with Crippen LogP contribution >= 0.6 is 11.3 Å². The zero-order valence-electron chi connectivity index (χ0n) is 20.4. The Balaban J connectivity index is 0.000000886. The Hall–Kier alpha value is -4.38. The number of hydrogen-bond acceptors (Lipinski definition) is 8. The molecule has 4 rings (SSSR count). The third-order valence-corrected chi connectivity index (χ3v) is 6.23. The number of aromatic nitrogens is 1. The first-order valence-electron chi connectivity index (χ1n) is 10.8. The van der Waals surface area contributed by atoms with E-state index in [-0.39, 0.29) is 16.9 Å². The van der Waals surface area contributed by atoms with Crippen LogP contribution in [0.25, 0.3) is 6.08 Å². The number of benzene rings is 2. The Morgan fingerprint density at radius 3 is 2.14 bits per heavy atom. The van der Waals surface area contributed by atoms with Crippen molar-refractivity contribution in [1.82, 2.24) is 4.57 Å². The number of carbonyl (C=O) groups is 3. The summed E-state index contributed by atoms with van der Waals surface area (Å²) in [6.07, 6.45) is 1.65. The van der Waals surface area contributed by atoms with Gasteiger partial charge >= 0.3 is 11.9 Å². The molecule has 1 N–H and O–H groups in total. The van der Waals surface area contributed by atoms with Crippen LogP contribution in [-0.2, 0) is 19.1 Å². The first-order chi connectivity index (χ1) is 17.6. The van der Waals surface area contributed by atoms with Gasteiger partial charge in [-0.05, 0) is 48.4 Å². The van der Waals surface area contributed by atoms with E-state index in [0.29, 0.717) is 31.7 Å². The highest BCUT2D eigenvalue weighted by molar-refractivity contribution is 7.07. The number of methoxy groups -OCH3 is 2. The van der Waals surface area contributed by atoms with Gasteiger partial charge in [-0.15, -0.1) is 0 Å². The molecule has 0 aliphatic carbocycles. The van der Waals surface area contributed by atoms with Gasteiger partial charge in [0.25, 0.3) is 11.5 Å². The van der Waals surface area contributed by atoms with E-state index in [1.807, 2.05) is 0 Å². The molecule has 2 aromatic carbocycles. The highest BCUT2D eigenvalue weighted by Crippen LogP contribution is 2.30. The molecular formula is C26H23FN2O7S. The van der Waals surface area contributed by atoms with Gasteiger partial charge in [-0.25, -0.2) is 19.0 Å². The molecule has 0 radical (unpaired) electrons. The van der Waals surface area contributed by atoms with Gasteiger partial charge in [0.15, 0.2) is 4.80 Å². The number of aliphatic carboxylic acids is 1. The van der Waals surface area contributed by atoms with E-state index >= 15 is 0 Å². The lowest BCUT2D eigenvalue weighted by Crippen LogP contribution is -2.39. The van der Waals surface area contributed by atoms with Gasteiger partial charge in [0, 0.05) is 6.92 Å². The predicted molar refractivity (Wildman–Crippen MR) is 133 cm³/mol. The second-order valence-corrected chi connectivity index (χ2v) is 8.77. The number of carboxylic acid groups (broad SMARTS) is 1. The Morgan fingerprint density at radius 1 is 1.03 bits per heavy atom. The van der Waals surface area contributed by atoms with Crippen molar-refractivity contribution in [2.24, 2.45) is 4.99 Å². The second kappa shape index (κ2) is 11.6. The number of carboxylic acids is 1. The largest absolute Gasteiger partial charge is 0.481 e. The number of esters is 2.